The molecule has 0 spiro atoms. The van der Waals surface area contributed by atoms with Crippen molar-refractivity contribution in [3.63, 3.8) is 0 Å². The number of hydrogen-bond donors (Lipinski definition) is 1. The molecular weight excluding hydrogens is 319 g/mol. The molecule has 0 aliphatic rings. The van der Waals surface area contributed by atoms with E-state index in [9.17, 15) is 30.0 Å². The Labute approximate surface area is 105 Å². The molecule has 0 saturated heterocycles. The summed E-state index contributed by atoms with van der Waals surface area (Å²) < 4.78 is 81.8. The Bertz CT molecular complexity index is 659. The lowest BCUT2D eigenvalue weighted by Crippen LogP contribution is -2.21. The third-order valence-corrected chi connectivity index (χ3v) is 4.03. The van der Waals surface area contributed by atoms with Crippen LogP contribution in [0, 0.1) is 5.82 Å². The van der Waals surface area contributed by atoms with Gasteiger partial charge in [-0.05, 0) is 18.2 Å². The van der Waals surface area contributed by atoms with Crippen LogP contribution in [0.1, 0.15) is 0 Å². The fourth-order valence-electron chi connectivity index (χ4n) is 0.928. The second kappa shape index (κ2) is 4.94. The molecule has 0 unspecified atom stereocenters. The Morgan fingerprint density at radius 3 is 2.11 bits per heavy atom. The zero-order valence-corrected chi connectivity index (χ0v) is 10.7. The molecular formula is C7H5ClF3NO4S2. The average molecular weight is 324 g/mol. The van der Waals surface area contributed by atoms with Gasteiger partial charge in [-0.3, -0.25) is 4.72 Å². The highest BCUT2D eigenvalue weighted by Gasteiger charge is 2.25. The Kier molecular flexibility index (Phi) is 4.13. The normalized spacial score (nSPS) is 12.7. The molecule has 0 fully saturated rings. The van der Waals surface area contributed by atoms with Gasteiger partial charge in [-0.15, -0.1) is 0 Å². The molecule has 0 heterocycles. The Balaban J connectivity index is 3.16. The molecule has 0 bridgehead atoms. The van der Waals surface area contributed by atoms with Crippen LogP contribution in [0.4, 0.5) is 18.9 Å². The highest BCUT2D eigenvalue weighted by atomic mass is 35.7. The molecule has 1 rings (SSSR count). The van der Waals surface area contributed by atoms with Crippen molar-refractivity contribution in [2.75, 3.05) is 4.72 Å². The van der Waals surface area contributed by atoms with Crippen LogP contribution in [0.3, 0.4) is 0 Å². The Hall–Kier alpha value is -1.00. The zero-order chi connectivity index (χ0) is 14.1. The maximum Gasteiger partial charge on any atom is 0.355 e. The lowest BCUT2D eigenvalue weighted by Gasteiger charge is -2.08. The van der Waals surface area contributed by atoms with E-state index in [1.165, 1.54) is 4.72 Å². The van der Waals surface area contributed by atoms with Crippen molar-refractivity contribution in [1.82, 2.24) is 0 Å². The van der Waals surface area contributed by atoms with Crippen molar-refractivity contribution in [3.8, 4) is 0 Å². The summed E-state index contributed by atoms with van der Waals surface area (Å²) >= 11 is 0. The molecule has 0 aliphatic heterocycles. The molecule has 1 aromatic rings. The highest BCUT2D eigenvalue weighted by molar-refractivity contribution is 8.13. The first-order valence-corrected chi connectivity index (χ1v) is 7.93. The molecule has 0 atom stereocenters. The van der Waals surface area contributed by atoms with Gasteiger partial charge in [0.15, 0.2) is 0 Å². The molecule has 18 heavy (non-hydrogen) atoms. The monoisotopic (exact) mass is 323 g/mol. The Morgan fingerprint density at radius 1 is 1.17 bits per heavy atom. The van der Waals surface area contributed by atoms with Crippen LogP contribution >= 0.6 is 10.7 Å². The van der Waals surface area contributed by atoms with Crippen LogP contribution in [0.25, 0.3) is 0 Å². The quantitative estimate of drug-likeness (QED) is 0.855. The molecule has 102 valence electrons. The van der Waals surface area contributed by atoms with Crippen LogP contribution in [-0.2, 0) is 19.1 Å². The summed E-state index contributed by atoms with van der Waals surface area (Å²) in [6.45, 7) is 0. The van der Waals surface area contributed by atoms with Crippen molar-refractivity contribution in [1.29, 1.82) is 0 Å². The summed E-state index contributed by atoms with van der Waals surface area (Å²) in [4.78, 5) is -0.623. The number of halogens is 4. The molecule has 0 radical (unpaired) electrons. The van der Waals surface area contributed by atoms with Gasteiger partial charge in [0, 0.05) is 10.7 Å². The number of rotatable bonds is 4. The van der Waals surface area contributed by atoms with Gasteiger partial charge in [0.05, 0.1) is 10.6 Å². The summed E-state index contributed by atoms with van der Waals surface area (Å²) in [6, 6.07) is 1.85. The van der Waals surface area contributed by atoms with Gasteiger partial charge in [-0.2, -0.15) is 8.78 Å². The van der Waals surface area contributed by atoms with Crippen molar-refractivity contribution in [2.24, 2.45) is 0 Å². The van der Waals surface area contributed by atoms with E-state index in [1.807, 2.05) is 0 Å². The molecule has 0 amide bonds. The predicted molar refractivity (Wildman–Crippen MR) is 58.0 cm³/mol. The fraction of sp³-hybridized carbons (Fsp3) is 0.143. The topological polar surface area (TPSA) is 80.3 Å². The molecule has 1 aromatic carbocycles. The lowest BCUT2D eigenvalue weighted by molar-refractivity contribution is 0.236. The molecule has 1 N–H and O–H groups in total. The van der Waals surface area contributed by atoms with Crippen LogP contribution < -0.4 is 4.72 Å². The van der Waals surface area contributed by atoms with Crippen molar-refractivity contribution in [3.05, 3.63) is 24.0 Å². The predicted octanol–water partition coefficient (Wildman–Crippen LogP) is 1.72. The largest absolute Gasteiger partial charge is 0.355 e. The summed E-state index contributed by atoms with van der Waals surface area (Å²) in [5.41, 5.74) is -0.806. The number of nitrogens with one attached hydrogen (secondary N) is 1. The highest BCUT2D eigenvalue weighted by Crippen LogP contribution is 2.23. The van der Waals surface area contributed by atoms with E-state index in [0.717, 1.165) is 6.07 Å². The van der Waals surface area contributed by atoms with Crippen LogP contribution in [-0.4, -0.2) is 22.6 Å². The number of hydrogen-bond acceptors (Lipinski definition) is 4. The minimum Gasteiger partial charge on any atom is -0.276 e. The van der Waals surface area contributed by atoms with E-state index >= 15 is 0 Å². The fourth-order valence-corrected chi connectivity index (χ4v) is 2.25. The number of alkyl halides is 2. The van der Waals surface area contributed by atoms with Crippen LogP contribution in [0.5, 0.6) is 0 Å². The van der Waals surface area contributed by atoms with Gasteiger partial charge in [0.25, 0.3) is 19.1 Å². The second-order valence-corrected chi connectivity index (χ2v) is 7.20. The minimum absolute atomic E-state index is 0.408. The molecule has 5 nitrogen and oxygen atoms in total. The average Bonchev–Trinajstić information content (AvgIpc) is 2.19. The minimum atomic E-state index is -5.03. The molecule has 0 aliphatic carbocycles. The van der Waals surface area contributed by atoms with Gasteiger partial charge in [-0.1, -0.05) is 0 Å². The van der Waals surface area contributed by atoms with Gasteiger partial charge < -0.3 is 0 Å². The first-order valence-electron chi connectivity index (χ1n) is 4.08. The van der Waals surface area contributed by atoms with E-state index < -0.39 is 41.2 Å². The van der Waals surface area contributed by atoms with E-state index in [-0.39, 0.29) is 0 Å². The van der Waals surface area contributed by atoms with E-state index in [2.05, 4.69) is 0 Å². The molecule has 11 heteroatoms. The summed E-state index contributed by atoms with van der Waals surface area (Å²) in [7, 11) is -4.31. The molecule has 0 aromatic heterocycles. The smallest absolute Gasteiger partial charge is 0.276 e. The lowest BCUT2D eigenvalue weighted by atomic mass is 10.3. The third kappa shape index (κ3) is 3.50. The summed E-state index contributed by atoms with van der Waals surface area (Å²) in [6.07, 6.45) is 0. The maximum atomic E-state index is 13.3. The first kappa shape index (κ1) is 15.1. The second-order valence-electron chi connectivity index (χ2n) is 2.99. The van der Waals surface area contributed by atoms with Crippen molar-refractivity contribution < 1.29 is 30.0 Å². The van der Waals surface area contributed by atoms with E-state index in [0.29, 0.717) is 12.1 Å². The standard InChI is InChI=1S/C7H5ClF3NO4S2/c8-17(13,14)4-1-2-6(5(9)3-4)12-18(15,16)7(10)11/h1-3,7,12H. The Morgan fingerprint density at radius 2 is 1.72 bits per heavy atom. The SMILES string of the molecule is O=S(=O)(Cl)c1ccc(NS(=O)(=O)C(F)F)c(F)c1. The van der Waals surface area contributed by atoms with Crippen molar-refractivity contribution >= 4 is 35.4 Å². The van der Waals surface area contributed by atoms with E-state index in [1.54, 1.807) is 0 Å². The molecule has 0 saturated carbocycles. The summed E-state index contributed by atoms with van der Waals surface area (Å²) in [5, 5.41) is 0. The third-order valence-electron chi connectivity index (χ3n) is 1.71. The van der Waals surface area contributed by atoms with E-state index in [4.69, 9.17) is 10.7 Å². The van der Waals surface area contributed by atoms with Gasteiger partial charge in [0.1, 0.15) is 5.82 Å². The summed E-state index contributed by atoms with van der Waals surface area (Å²) in [5.74, 6) is -5.09. The number of benzene rings is 1. The number of anilines is 1. The van der Waals surface area contributed by atoms with Gasteiger partial charge in [-0.25, -0.2) is 21.2 Å². The maximum absolute atomic E-state index is 13.3. The zero-order valence-electron chi connectivity index (χ0n) is 8.27. The van der Waals surface area contributed by atoms with Crippen molar-refractivity contribution in [2.45, 2.75) is 10.7 Å². The van der Waals surface area contributed by atoms with Gasteiger partial charge >= 0.3 is 5.76 Å². The van der Waals surface area contributed by atoms with Gasteiger partial charge in [0.2, 0.25) is 0 Å². The number of sulfonamides is 1. The van der Waals surface area contributed by atoms with Crippen LogP contribution in [0.15, 0.2) is 23.1 Å². The first-order chi connectivity index (χ1) is 8.04. The van der Waals surface area contributed by atoms with Crippen LogP contribution in [0.2, 0.25) is 0 Å².